The minimum atomic E-state index is -1.10. The number of anilines is 1. The van der Waals surface area contributed by atoms with Gasteiger partial charge in [0.1, 0.15) is 0 Å². The molecule has 0 atom stereocenters. The van der Waals surface area contributed by atoms with Gasteiger partial charge in [-0.05, 0) is 36.3 Å². The fourth-order valence-corrected chi connectivity index (χ4v) is 3.92. The molecular formula is C20H15NO3S2. The largest absolute Gasteiger partial charge is 0.478 e. The molecule has 1 fully saturated rings. The Morgan fingerprint density at radius 2 is 1.77 bits per heavy atom. The van der Waals surface area contributed by atoms with E-state index in [1.54, 1.807) is 24.3 Å². The smallest absolute Gasteiger partial charge is 0.337 e. The molecule has 4 nitrogen and oxygen atoms in total. The highest BCUT2D eigenvalue weighted by atomic mass is 32.2. The van der Waals surface area contributed by atoms with Crippen molar-refractivity contribution in [3.05, 3.63) is 82.3 Å². The predicted octanol–water partition coefficient (Wildman–Crippen LogP) is 4.74. The molecule has 0 radical (unpaired) electrons. The molecule has 6 heteroatoms. The van der Waals surface area contributed by atoms with Crippen LogP contribution in [0.5, 0.6) is 0 Å². The number of nitrogens with zero attached hydrogens (tertiary/aromatic N) is 1. The van der Waals surface area contributed by atoms with Crippen molar-refractivity contribution >= 4 is 51.9 Å². The Morgan fingerprint density at radius 1 is 1.12 bits per heavy atom. The summed E-state index contributed by atoms with van der Waals surface area (Å²) in [5.41, 5.74) is 2.27. The van der Waals surface area contributed by atoms with E-state index in [9.17, 15) is 14.7 Å². The van der Waals surface area contributed by atoms with Crippen LogP contribution in [0.1, 0.15) is 22.8 Å². The summed E-state index contributed by atoms with van der Waals surface area (Å²) < 4.78 is 0.322. The molecule has 1 saturated heterocycles. The average Bonchev–Trinajstić information content (AvgIpc) is 2.89. The number of carboxylic acids is 1. The van der Waals surface area contributed by atoms with E-state index in [1.165, 1.54) is 22.7 Å². The molecule has 26 heavy (non-hydrogen) atoms. The minimum Gasteiger partial charge on any atom is -0.478 e. The van der Waals surface area contributed by atoms with E-state index in [4.69, 9.17) is 12.2 Å². The first-order chi connectivity index (χ1) is 12.5. The SMILES string of the molecule is CC(/C=C1\SC(=S)N(c2ccccc2C(=O)O)C1=O)=C\c1ccccc1. The number of hydrogen-bond acceptors (Lipinski definition) is 4. The molecule has 0 bridgehead atoms. The Labute approximate surface area is 160 Å². The number of para-hydroxylation sites is 1. The zero-order chi connectivity index (χ0) is 18.7. The van der Waals surface area contributed by atoms with Gasteiger partial charge in [0.25, 0.3) is 5.91 Å². The van der Waals surface area contributed by atoms with Crippen LogP contribution in [0.15, 0.2) is 71.2 Å². The monoisotopic (exact) mass is 381 g/mol. The van der Waals surface area contributed by atoms with Crippen molar-refractivity contribution in [3.63, 3.8) is 0 Å². The van der Waals surface area contributed by atoms with Crippen LogP contribution < -0.4 is 4.90 Å². The Hall–Kier alpha value is -2.70. The third-order valence-corrected chi connectivity index (χ3v) is 5.02. The van der Waals surface area contributed by atoms with E-state index < -0.39 is 5.97 Å². The molecule has 0 unspecified atom stereocenters. The maximum absolute atomic E-state index is 12.8. The van der Waals surface area contributed by atoms with E-state index in [2.05, 4.69) is 0 Å². The Balaban J connectivity index is 1.93. The molecule has 1 amide bonds. The second-order valence-corrected chi connectivity index (χ2v) is 7.31. The molecule has 1 aliphatic heterocycles. The zero-order valence-electron chi connectivity index (χ0n) is 13.9. The van der Waals surface area contributed by atoms with Crippen molar-refractivity contribution in [2.45, 2.75) is 6.92 Å². The van der Waals surface area contributed by atoms with Crippen molar-refractivity contribution in [3.8, 4) is 0 Å². The molecule has 1 heterocycles. The lowest BCUT2D eigenvalue weighted by Gasteiger charge is -2.16. The molecule has 0 aliphatic carbocycles. The third kappa shape index (κ3) is 3.76. The van der Waals surface area contributed by atoms with Crippen molar-refractivity contribution in [2.75, 3.05) is 4.90 Å². The molecule has 0 saturated carbocycles. The number of carbonyl (C=O) groups excluding carboxylic acids is 1. The van der Waals surface area contributed by atoms with Gasteiger partial charge in [-0.2, -0.15) is 0 Å². The van der Waals surface area contributed by atoms with E-state index in [0.29, 0.717) is 9.23 Å². The lowest BCUT2D eigenvalue weighted by molar-refractivity contribution is -0.113. The number of benzene rings is 2. The lowest BCUT2D eigenvalue weighted by Crippen LogP contribution is -2.29. The molecule has 2 aromatic carbocycles. The summed E-state index contributed by atoms with van der Waals surface area (Å²) >= 11 is 6.49. The van der Waals surface area contributed by atoms with E-state index in [0.717, 1.165) is 11.1 Å². The molecule has 3 rings (SSSR count). The standard InChI is InChI=1S/C20H15NO3S2/c1-13(11-14-7-3-2-4-8-14)12-17-18(22)21(20(25)26-17)16-10-6-5-9-15(16)19(23)24/h2-12H,1H3,(H,23,24)/b13-11+,17-12-. The highest BCUT2D eigenvalue weighted by Gasteiger charge is 2.35. The van der Waals surface area contributed by atoms with Crippen LogP contribution in [0.3, 0.4) is 0 Å². The summed E-state index contributed by atoms with van der Waals surface area (Å²) in [4.78, 5) is 26.0. The van der Waals surface area contributed by atoms with Gasteiger partial charge in [-0.1, -0.05) is 72.5 Å². The van der Waals surface area contributed by atoms with E-state index >= 15 is 0 Å². The fourth-order valence-electron chi connectivity index (χ4n) is 2.59. The predicted molar refractivity (Wildman–Crippen MR) is 109 cm³/mol. The van der Waals surface area contributed by atoms with Crippen molar-refractivity contribution in [1.29, 1.82) is 0 Å². The van der Waals surface area contributed by atoms with E-state index in [-0.39, 0.29) is 17.2 Å². The van der Waals surface area contributed by atoms with Crippen molar-refractivity contribution in [1.82, 2.24) is 0 Å². The van der Waals surface area contributed by atoms with Gasteiger partial charge in [0.15, 0.2) is 4.32 Å². The van der Waals surface area contributed by atoms with Gasteiger partial charge in [-0.3, -0.25) is 9.69 Å². The summed E-state index contributed by atoms with van der Waals surface area (Å²) in [7, 11) is 0. The second kappa shape index (κ2) is 7.68. The van der Waals surface area contributed by atoms with Gasteiger partial charge >= 0.3 is 5.97 Å². The number of carboxylic acid groups (broad SMARTS) is 1. The summed E-state index contributed by atoms with van der Waals surface area (Å²) in [5, 5.41) is 9.36. The highest BCUT2D eigenvalue weighted by Crippen LogP contribution is 2.37. The third-order valence-electron chi connectivity index (χ3n) is 3.72. The molecule has 0 aromatic heterocycles. The molecule has 2 aromatic rings. The maximum atomic E-state index is 12.8. The summed E-state index contributed by atoms with van der Waals surface area (Å²) in [6, 6.07) is 16.1. The number of aromatic carboxylic acids is 1. The van der Waals surface area contributed by atoms with Gasteiger partial charge in [0, 0.05) is 0 Å². The first-order valence-corrected chi connectivity index (χ1v) is 9.03. The lowest BCUT2D eigenvalue weighted by atomic mass is 10.1. The highest BCUT2D eigenvalue weighted by molar-refractivity contribution is 8.27. The normalized spacial score (nSPS) is 16.4. The van der Waals surface area contributed by atoms with Crippen LogP contribution >= 0.6 is 24.0 Å². The number of carbonyl (C=O) groups is 2. The van der Waals surface area contributed by atoms with Crippen LogP contribution in [0.2, 0.25) is 0 Å². The fraction of sp³-hybridized carbons (Fsp3) is 0.0500. The molecule has 130 valence electrons. The van der Waals surface area contributed by atoms with Gasteiger partial charge < -0.3 is 5.11 Å². The number of amides is 1. The summed E-state index contributed by atoms with van der Waals surface area (Å²) in [6.07, 6.45) is 3.74. The second-order valence-electron chi connectivity index (χ2n) is 5.64. The molecule has 1 aliphatic rings. The Kier molecular flexibility index (Phi) is 5.35. The number of thioether (sulfide) groups is 1. The summed E-state index contributed by atoms with van der Waals surface area (Å²) in [6.45, 7) is 1.91. The molecule has 1 N–H and O–H groups in total. The van der Waals surface area contributed by atoms with E-state index in [1.807, 2.05) is 43.3 Å². The quantitative estimate of drug-likeness (QED) is 0.612. The maximum Gasteiger partial charge on any atom is 0.337 e. The van der Waals surface area contributed by atoms with Crippen molar-refractivity contribution < 1.29 is 14.7 Å². The van der Waals surface area contributed by atoms with Crippen LogP contribution in [0.4, 0.5) is 5.69 Å². The number of rotatable bonds is 4. The first kappa shape index (κ1) is 18.1. The van der Waals surface area contributed by atoms with Crippen LogP contribution in [0.25, 0.3) is 6.08 Å². The Bertz CT molecular complexity index is 949. The minimum absolute atomic E-state index is 0.0431. The van der Waals surface area contributed by atoms with Gasteiger partial charge in [-0.25, -0.2) is 4.79 Å². The topological polar surface area (TPSA) is 57.6 Å². The number of allylic oxidation sites excluding steroid dienone is 2. The van der Waals surface area contributed by atoms with Crippen LogP contribution in [0, 0.1) is 0 Å². The van der Waals surface area contributed by atoms with Crippen LogP contribution in [-0.2, 0) is 4.79 Å². The summed E-state index contributed by atoms with van der Waals surface area (Å²) in [5.74, 6) is -1.41. The molecule has 0 spiro atoms. The van der Waals surface area contributed by atoms with Gasteiger partial charge in [0.05, 0.1) is 16.2 Å². The van der Waals surface area contributed by atoms with Gasteiger partial charge in [0.2, 0.25) is 0 Å². The number of hydrogen-bond donors (Lipinski definition) is 1. The number of thiocarbonyl (C=S) groups is 1. The molecular weight excluding hydrogens is 366 g/mol. The average molecular weight is 381 g/mol. The van der Waals surface area contributed by atoms with Crippen molar-refractivity contribution in [2.24, 2.45) is 0 Å². The zero-order valence-corrected chi connectivity index (χ0v) is 15.5. The Morgan fingerprint density at radius 3 is 2.46 bits per heavy atom. The van der Waals surface area contributed by atoms with Gasteiger partial charge in [-0.15, -0.1) is 0 Å². The first-order valence-electron chi connectivity index (χ1n) is 7.81. The van der Waals surface area contributed by atoms with Crippen LogP contribution in [-0.4, -0.2) is 21.3 Å².